The standard InChI is InChI=1S/C17H23NO3/c1-13(2)21-16-10-8-15(9-11-16)18(20)17(19)12-14-6-4-3-5-7-14/h3-8,10,13,15-16,20H,9,11-12H2,1-2H3/t15-,16-/m0/s1. The van der Waals surface area contributed by atoms with Gasteiger partial charge in [0.2, 0.25) is 0 Å². The molecule has 21 heavy (non-hydrogen) atoms. The average Bonchev–Trinajstić information content (AvgIpc) is 2.47. The smallest absolute Gasteiger partial charge is 0.250 e. The predicted molar refractivity (Wildman–Crippen MR) is 80.9 cm³/mol. The Morgan fingerprint density at radius 2 is 2.00 bits per heavy atom. The third-order valence-electron chi connectivity index (χ3n) is 3.51. The van der Waals surface area contributed by atoms with Gasteiger partial charge in [0.1, 0.15) is 0 Å². The van der Waals surface area contributed by atoms with Crippen molar-refractivity contribution >= 4 is 5.91 Å². The minimum Gasteiger partial charge on any atom is -0.372 e. The zero-order chi connectivity index (χ0) is 15.2. The number of nitrogens with zero attached hydrogens (tertiary/aromatic N) is 1. The van der Waals surface area contributed by atoms with Crippen molar-refractivity contribution in [3.05, 3.63) is 48.0 Å². The average molecular weight is 289 g/mol. The van der Waals surface area contributed by atoms with Gasteiger partial charge in [0.05, 0.1) is 24.7 Å². The van der Waals surface area contributed by atoms with E-state index in [0.717, 1.165) is 17.0 Å². The lowest BCUT2D eigenvalue weighted by Crippen LogP contribution is -2.39. The van der Waals surface area contributed by atoms with Gasteiger partial charge in [-0.15, -0.1) is 0 Å². The lowest BCUT2D eigenvalue weighted by atomic mass is 9.99. The van der Waals surface area contributed by atoms with Crippen molar-refractivity contribution < 1.29 is 14.7 Å². The Hall–Kier alpha value is -1.65. The first kappa shape index (κ1) is 15.7. The van der Waals surface area contributed by atoms with E-state index in [-0.39, 0.29) is 30.6 Å². The first-order valence-electron chi connectivity index (χ1n) is 7.45. The second kappa shape index (κ2) is 7.38. The van der Waals surface area contributed by atoms with E-state index in [4.69, 9.17) is 4.74 Å². The minimum atomic E-state index is -0.279. The van der Waals surface area contributed by atoms with Gasteiger partial charge in [0, 0.05) is 0 Å². The van der Waals surface area contributed by atoms with Crippen LogP contribution < -0.4 is 0 Å². The molecular weight excluding hydrogens is 266 g/mol. The number of carbonyl (C=O) groups excluding carboxylic acids is 1. The van der Waals surface area contributed by atoms with Crippen LogP contribution in [0.3, 0.4) is 0 Å². The number of hydrogen-bond donors (Lipinski definition) is 1. The zero-order valence-electron chi connectivity index (χ0n) is 12.6. The molecule has 0 unspecified atom stereocenters. The summed E-state index contributed by atoms with van der Waals surface area (Å²) in [5, 5.41) is 10.9. The van der Waals surface area contributed by atoms with Gasteiger partial charge in [-0.3, -0.25) is 10.0 Å². The van der Waals surface area contributed by atoms with Crippen LogP contribution in [0.2, 0.25) is 0 Å². The van der Waals surface area contributed by atoms with Gasteiger partial charge < -0.3 is 4.74 Å². The summed E-state index contributed by atoms with van der Waals surface area (Å²) in [6.45, 7) is 4.00. The summed E-state index contributed by atoms with van der Waals surface area (Å²) in [7, 11) is 0. The van der Waals surface area contributed by atoms with Crippen LogP contribution in [0.15, 0.2) is 42.5 Å². The van der Waals surface area contributed by atoms with Crippen molar-refractivity contribution in [2.45, 2.75) is 51.4 Å². The van der Waals surface area contributed by atoms with E-state index < -0.39 is 0 Å². The number of benzene rings is 1. The Morgan fingerprint density at radius 3 is 2.57 bits per heavy atom. The molecule has 0 radical (unpaired) electrons. The second-order valence-electron chi connectivity index (χ2n) is 5.65. The topological polar surface area (TPSA) is 49.8 Å². The fourth-order valence-electron chi connectivity index (χ4n) is 2.48. The fraction of sp³-hybridized carbons (Fsp3) is 0.471. The highest BCUT2D eigenvalue weighted by Crippen LogP contribution is 2.19. The van der Waals surface area contributed by atoms with Crippen LogP contribution in [-0.2, 0) is 16.0 Å². The van der Waals surface area contributed by atoms with Crippen LogP contribution in [0.1, 0.15) is 32.3 Å². The molecule has 0 saturated carbocycles. The molecule has 0 fully saturated rings. The van der Waals surface area contributed by atoms with Crippen LogP contribution >= 0.6 is 0 Å². The molecular formula is C17H23NO3. The quantitative estimate of drug-likeness (QED) is 0.515. The molecule has 1 aliphatic carbocycles. The van der Waals surface area contributed by atoms with Crippen LogP contribution in [0.25, 0.3) is 0 Å². The summed E-state index contributed by atoms with van der Waals surface area (Å²) in [5.41, 5.74) is 0.905. The van der Waals surface area contributed by atoms with E-state index in [0.29, 0.717) is 6.42 Å². The van der Waals surface area contributed by atoms with E-state index in [1.54, 1.807) is 0 Å². The highest BCUT2D eigenvalue weighted by atomic mass is 16.5. The van der Waals surface area contributed by atoms with Crippen molar-refractivity contribution in [3.63, 3.8) is 0 Å². The normalized spacial score (nSPS) is 21.5. The number of carbonyl (C=O) groups is 1. The lowest BCUT2D eigenvalue weighted by molar-refractivity contribution is -0.172. The number of ether oxygens (including phenoxy) is 1. The van der Waals surface area contributed by atoms with E-state index >= 15 is 0 Å². The molecule has 1 N–H and O–H groups in total. The summed E-state index contributed by atoms with van der Waals surface area (Å²) in [5.74, 6) is -0.279. The van der Waals surface area contributed by atoms with Crippen molar-refractivity contribution in [2.75, 3.05) is 0 Å². The Labute approximate surface area is 126 Å². The number of rotatable bonds is 5. The predicted octanol–water partition coefficient (Wildman–Crippen LogP) is 2.96. The van der Waals surface area contributed by atoms with Crippen LogP contribution in [0, 0.1) is 0 Å². The van der Waals surface area contributed by atoms with Gasteiger partial charge >= 0.3 is 0 Å². The number of hydroxylamine groups is 2. The molecule has 2 atom stereocenters. The van der Waals surface area contributed by atoms with E-state index in [1.807, 2.05) is 56.3 Å². The molecule has 0 bridgehead atoms. The molecule has 1 amide bonds. The first-order chi connectivity index (χ1) is 10.1. The molecule has 4 heteroatoms. The summed E-state index contributed by atoms with van der Waals surface area (Å²) < 4.78 is 5.70. The largest absolute Gasteiger partial charge is 0.372 e. The Balaban J connectivity index is 1.89. The summed E-state index contributed by atoms with van der Waals surface area (Å²) in [6, 6.07) is 9.19. The van der Waals surface area contributed by atoms with Gasteiger partial charge in [-0.05, 0) is 32.3 Å². The maximum absolute atomic E-state index is 12.1. The Morgan fingerprint density at radius 1 is 1.29 bits per heavy atom. The molecule has 0 saturated heterocycles. The number of amides is 1. The summed E-state index contributed by atoms with van der Waals surface area (Å²) in [4.78, 5) is 12.1. The van der Waals surface area contributed by atoms with Crippen LogP contribution in [0.5, 0.6) is 0 Å². The Kier molecular flexibility index (Phi) is 5.53. The van der Waals surface area contributed by atoms with Crippen molar-refractivity contribution in [3.8, 4) is 0 Å². The van der Waals surface area contributed by atoms with Gasteiger partial charge in [-0.1, -0.05) is 42.5 Å². The van der Waals surface area contributed by atoms with Crippen molar-refractivity contribution in [2.24, 2.45) is 0 Å². The summed E-state index contributed by atoms with van der Waals surface area (Å²) in [6.07, 6.45) is 5.81. The van der Waals surface area contributed by atoms with Gasteiger partial charge in [0.15, 0.2) is 0 Å². The summed E-state index contributed by atoms with van der Waals surface area (Å²) >= 11 is 0. The molecule has 2 rings (SSSR count). The SMILES string of the molecule is CC(C)O[C@H]1C=C[C@H](N(O)C(=O)Cc2ccccc2)CC1. The fourth-order valence-corrected chi connectivity index (χ4v) is 2.48. The minimum absolute atomic E-state index is 0.0823. The molecule has 1 aromatic rings. The van der Waals surface area contributed by atoms with Gasteiger partial charge in [-0.2, -0.15) is 0 Å². The third-order valence-corrected chi connectivity index (χ3v) is 3.51. The first-order valence-corrected chi connectivity index (χ1v) is 7.45. The molecule has 114 valence electrons. The molecule has 1 aliphatic rings. The van der Waals surface area contributed by atoms with E-state index in [2.05, 4.69) is 0 Å². The maximum Gasteiger partial charge on any atom is 0.250 e. The highest BCUT2D eigenvalue weighted by Gasteiger charge is 2.24. The van der Waals surface area contributed by atoms with E-state index in [1.165, 1.54) is 0 Å². The van der Waals surface area contributed by atoms with Crippen LogP contribution in [0.4, 0.5) is 0 Å². The highest BCUT2D eigenvalue weighted by molar-refractivity contribution is 5.78. The van der Waals surface area contributed by atoms with Crippen molar-refractivity contribution in [1.29, 1.82) is 0 Å². The monoisotopic (exact) mass is 289 g/mol. The maximum atomic E-state index is 12.1. The molecule has 0 aliphatic heterocycles. The molecule has 4 nitrogen and oxygen atoms in total. The zero-order valence-corrected chi connectivity index (χ0v) is 12.6. The van der Waals surface area contributed by atoms with Crippen molar-refractivity contribution in [1.82, 2.24) is 5.06 Å². The second-order valence-corrected chi connectivity index (χ2v) is 5.65. The van der Waals surface area contributed by atoms with Gasteiger partial charge in [0.25, 0.3) is 5.91 Å². The third kappa shape index (κ3) is 4.69. The lowest BCUT2D eigenvalue weighted by Gasteiger charge is -2.29. The number of hydrogen-bond acceptors (Lipinski definition) is 3. The van der Waals surface area contributed by atoms with Crippen LogP contribution in [-0.4, -0.2) is 34.4 Å². The van der Waals surface area contributed by atoms with Gasteiger partial charge in [-0.25, -0.2) is 5.06 Å². The molecule has 0 aromatic heterocycles. The molecule has 0 spiro atoms. The van der Waals surface area contributed by atoms with E-state index in [9.17, 15) is 10.0 Å². The molecule has 1 aromatic carbocycles. The Bertz CT molecular complexity index is 484. The molecule has 0 heterocycles.